The highest BCUT2D eigenvalue weighted by Gasteiger charge is 2.28. The van der Waals surface area contributed by atoms with Crippen molar-refractivity contribution < 1.29 is 13.6 Å². The summed E-state index contributed by atoms with van der Waals surface area (Å²) in [5.41, 5.74) is 2.22. The summed E-state index contributed by atoms with van der Waals surface area (Å²) in [6.07, 6.45) is 3.95. The zero-order valence-electron chi connectivity index (χ0n) is 20.4. The minimum absolute atomic E-state index is 0.0188. The smallest absolute Gasteiger partial charge is 0.229 e. The predicted octanol–water partition coefficient (Wildman–Crippen LogP) is 3.70. The van der Waals surface area contributed by atoms with E-state index in [1.165, 1.54) is 6.07 Å². The lowest BCUT2D eigenvalue weighted by atomic mass is 9.96. The topological polar surface area (TPSA) is 86.3 Å². The maximum absolute atomic E-state index is 15.0. The molecule has 0 unspecified atom stereocenters. The van der Waals surface area contributed by atoms with Crippen molar-refractivity contribution in [2.24, 2.45) is 0 Å². The number of hydrogen-bond donors (Lipinski definition) is 2. The van der Waals surface area contributed by atoms with Crippen molar-refractivity contribution in [2.45, 2.75) is 32.7 Å². The van der Waals surface area contributed by atoms with Gasteiger partial charge in [-0.05, 0) is 51.1 Å². The first-order valence-corrected chi connectivity index (χ1v) is 12.2. The number of nitrogens with zero attached hydrogens (tertiary/aromatic N) is 5. The molecule has 8 nitrogen and oxygen atoms in total. The van der Waals surface area contributed by atoms with E-state index in [4.69, 9.17) is 0 Å². The van der Waals surface area contributed by atoms with Crippen molar-refractivity contribution in [1.82, 2.24) is 20.3 Å². The zero-order valence-corrected chi connectivity index (χ0v) is 20.4. The van der Waals surface area contributed by atoms with Crippen LogP contribution >= 0.6 is 0 Å². The van der Waals surface area contributed by atoms with Crippen LogP contribution in [-0.4, -0.2) is 59.5 Å². The molecule has 3 aromatic rings. The minimum atomic E-state index is -0.666. The van der Waals surface area contributed by atoms with Crippen LogP contribution in [0.2, 0.25) is 0 Å². The van der Waals surface area contributed by atoms with E-state index in [2.05, 4.69) is 30.5 Å². The number of Topliss-reactive ketones (excluding diaryl/α,β-unsaturated/α-hetero) is 1. The highest BCUT2D eigenvalue weighted by molar-refractivity contribution is 5.91. The molecular formula is C26H29F2N7O. The molecule has 5 rings (SSSR count). The molecule has 1 aromatic carbocycles. The Bertz CT molecular complexity index is 1260. The van der Waals surface area contributed by atoms with Crippen LogP contribution in [0.3, 0.4) is 0 Å². The summed E-state index contributed by atoms with van der Waals surface area (Å²) in [4.78, 5) is 29.1. The molecule has 0 spiro atoms. The summed E-state index contributed by atoms with van der Waals surface area (Å²) >= 11 is 0. The molecule has 2 aliphatic rings. The number of benzene rings is 1. The van der Waals surface area contributed by atoms with Crippen molar-refractivity contribution in [3.63, 3.8) is 0 Å². The van der Waals surface area contributed by atoms with Gasteiger partial charge in [0, 0.05) is 48.9 Å². The first-order chi connectivity index (χ1) is 17.4. The van der Waals surface area contributed by atoms with E-state index in [9.17, 15) is 9.18 Å². The average molecular weight is 494 g/mol. The van der Waals surface area contributed by atoms with Crippen LogP contribution in [0.4, 0.5) is 31.9 Å². The van der Waals surface area contributed by atoms with Gasteiger partial charge >= 0.3 is 0 Å². The normalized spacial score (nSPS) is 16.2. The van der Waals surface area contributed by atoms with Crippen LogP contribution in [0.15, 0.2) is 36.7 Å². The largest absolute Gasteiger partial charge is 0.369 e. The number of ketones is 1. The quantitative estimate of drug-likeness (QED) is 0.557. The third-order valence-corrected chi connectivity index (χ3v) is 6.54. The molecule has 188 valence electrons. The van der Waals surface area contributed by atoms with E-state index in [-0.39, 0.29) is 42.0 Å². The molecule has 10 heteroatoms. The molecule has 0 amide bonds. The summed E-state index contributed by atoms with van der Waals surface area (Å²) in [6.45, 7) is 7.88. The van der Waals surface area contributed by atoms with Gasteiger partial charge in [0.2, 0.25) is 5.95 Å². The number of aromatic nitrogens is 3. The monoisotopic (exact) mass is 493 g/mol. The number of rotatable bonds is 5. The fraction of sp³-hybridized carbons (Fsp3) is 0.385. The van der Waals surface area contributed by atoms with Crippen LogP contribution in [0.5, 0.6) is 0 Å². The van der Waals surface area contributed by atoms with Crippen LogP contribution in [-0.2, 0) is 11.2 Å². The second-order valence-electron chi connectivity index (χ2n) is 9.40. The second-order valence-corrected chi connectivity index (χ2v) is 9.40. The molecule has 2 N–H and O–H groups in total. The molecule has 0 bridgehead atoms. The lowest BCUT2D eigenvalue weighted by Crippen LogP contribution is -2.40. The van der Waals surface area contributed by atoms with Gasteiger partial charge in [0.25, 0.3) is 0 Å². The van der Waals surface area contributed by atoms with Gasteiger partial charge in [0.05, 0.1) is 24.6 Å². The molecule has 2 aromatic heterocycles. The summed E-state index contributed by atoms with van der Waals surface area (Å²) in [6, 6.07) is 6.72. The minimum Gasteiger partial charge on any atom is -0.369 e. The van der Waals surface area contributed by atoms with Crippen molar-refractivity contribution in [2.75, 3.05) is 47.8 Å². The molecule has 1 fully saturated rings. The highest BCUT2D eigenvalue weighted by atomic mass is 19.1. The van der Waals surface area contributed by atoms with E-state index < -0.39 is 11.6 Å². The number of fused-ring (bicyclic) bond motifs is 1. The van der Waals surface area contributed by atoms with Gasteiger partial charge in [-0.1, -0.05) is 0 Å². The van der Waals surface area contributed by atoms with Gasteiger partial charge in [-0.2, -0.15) is 0 Å². The van der Waals surface area contributed by atoms with Crippen molar-refractivity contribution in [3.05, 3.63) is 53.9 Å². The van der Waals surface area contributed by atoms with E-state index in [1.54, 1.807) is 12.3 Å². The first kappa shape index (κ1) is 24.1. The average Bonchev–Trinajstić information content (AvgIpc) is 3.15. The first-order valence-electron chi connectivity index (χ1n) is 12.2. The zero-order chi connectivity index (χ0) is 25.2. The van der Waals surface area contributed by atoms with Crippen LogP contribution in [0, 0.1) is 11.6 Å². The van der Waals surface area contributed by atoms with Crippen molar-refractivity contribution >= 4 is 28.9 Å². The molecule has 0 atom stereocenters. The van der Waals surface area contributed by atoms with Gasteiger partial charge in [0.15, 0.2) is 11.6 Å². The Morgan fingerprint density at radius 2 is 1.92 bits per heavy atom. The van der Waals surface area contributed by atoms with Crippen LogP contribution in [0.25, 0.3) is 11.3 Å². The Hall–Kier alpha value is -3.66. The van der Waals surface area contributed by atoms with Crippen LogP contribution < -0.4 is 20.4 Å². The molecule has 36 heavy (non-hydrogen) atoms. The Labute approximate surface area is 208 Å². The molecule has 2 aliphatic heterocycles. The second kappa shape index (κ2) is 10.1. The van der Waals surface area contributed by atoms with E-state index >= 15 is 4.39 Å². The fourth-order valence-corrected chi connectivity index (χ4v) is 4.67. The number of halogens is 2. The molecule has 0 radical (unpaired) electrons. The highest BCUT2D eigenvalue weighted by Crippen LogP contribution is 2.35. The van der Waals surface area contributed by atoms with Gasteiger partial charge in [-0.15, -0.1) is 0 Å². The summed E-state index contributed by atoms with van der Waals surface area (Å²) in [5.74, 6) is -0.589. The Morgan fingerprint density at radius 1 is 1.06 bits per heavy atom. The molecule has 4 heterocycles. The maximum Gasteiger partial charge on any atom is 0.229 e. The van der Waals surface area contributed by atoms with Gasteiger partial charge in [-0.3, -0.25) is 4.79 Å². The Balaban J connectivity index is 1.41. The van der Waals surface area contributed by atoms with Gasteiger partial charge in [0.1, 0.15) is 17.3 Å². The fourth-order valence-electron chi connectivity index (χ4n) is 4.67. The summed E-state index contributed by atoms with van der Waals surface area (Å²) in [7, 11) is 0. The predicted molar refractivity (Wildman–Crippen MR) is 136 cm³/mol. The lowest BCUT2D eigenvalue weighted by Gasteiger charge is -2.34. The third-order valence-electron chi connectivity index (χ3n) is 6.54. The molecule has 0 aliphatic carbocycles. The summed E-state index contributed by atoms with van der Waals surface area (Å²) < 4.78 is 29.8. The SMILES string of the molecule is CC(C)N1CC(=O)Cc2c(F)cc(-c3nc(Nc4ccc(N5CCCNCC5)cn4)ncc3F)cc21. The van der Waals surface area contributed by atoms with E-state index in [1.807, 2.05) is 30.9 Å². The summed E-state index contributed by atoms with van der Waals surface area (Å²) in [5, 5.41) is 6.40. The molecule has 0 saturated carbocycles. The number of pyridine rings is 1. The van der Waals surface area contributed by atoms with Gasteiger partial charge < -0.3 is 20.4 Å². The maximum atomic E-state index is 15.0. The van der Waals surface area contributed by atoms with Crippen molar-refractivity contribution in [3.8, 4) is 11.3 Å². The van der Waals surface area contributed by atoms with E-state index in [0.29, 0.717) is 17.1 Å². The number of nitrogens with one attached hydrogen (secondary N) is 2. The molecular weight excluding hydrogens is 464 g/mol. The molecule has 1 saturated heterocycles. The number of carbonyl (C=O) groups is 1. The Kier molecular flexibility index (Phi) is 6.77. The van der Waals surface area contributed by atoms with Crippen LogP contribution in [0.1, 0.15) is 25.8 Å². The third kappa shape index (κ3) is 4.99. The lowest BCUT2D eigenvalue weighted by molar-refractivity contribution is -0.117. The standard InChI is InChI=1S/C26H29F2N7O/c1-16(2)35-15-19(36)12-20-21(27)10-17(11-23(20)35)25-22(28)14-31-26(33-25)32-24-5-4-18(13-30-24)34-8-3-6-29-7-9-34/h4-5,10-11,13-14,16,29H,3,6-9,12,15H2,1-2H3,(H,30,31,32,33). The number of anilines is 4. The van der Waals surface area contributed by atoms with Gasteiger partial charge in [-0.25, -0.2) is 23.7 Å². The van der Waals surface area contributed by atoms with Crippen molar-refractivity contribution in [1.29, 1.82) is 0 Å². The Morgan fingerprint density at radius 3 is 2.69 bits per heavy atom. The van der Waals surface area contributed by atoms with E-state index in [0.717, 1.165) is 44.5 Å². The number of carbonyl (C=O) groups excluding carboxylic acids is 1. The number of hydrogen-bond acceptors (Lipinski definition) is 8.